The van der Waals surface area contributed by atoms with Crippen LogP contribution in [0.15, 0.2) is 24.3 Å². The Morgan fingerprint density at radius 3 is 2.30 bits per heavy atom. The summed E-state index contributed by atoms with van der Waals surface area (Å²) in [5.41, 5.74) is 0.805. The van der Waals surface area contributed by atoms with Gasteiger partial charge >= 0.3 is 0 Å². The van der Waals surface area contributed by atoms with Gasteiger partial charge in [0.15, 0.2) is 0 Å². The van der Waals surface area contributed by atoms with E-state index in [1.165, 1.54) is 12.1 Å². The fraction of sp³-hybridized carbons (Fsp3) is 0.556. The Morgan fingerprint density at radius 2 is 1.78 bits per heavy atom. The molecule has 128 valence electrons. The van der Waals surface area contributed by atoms with Gasteiger partial charge < -0.3 is 10.2 Å². The summed E-state index contributed by atoms with van der Waals surface area (Å²) in [6.45, 7) is 8.57. The maximum atomic E-state index is 13.0. The van der Waals surface area contributed by atoms with Crippen LogP contribution in [0.4, 0.5) is 4.39 Å². The molecule has 0 saturated carbocycles. The number of hydrogen-bond donors (Lipinski definition) is 1. The van der Waals surface area contributed by atoms with Crippen molar-refractivity contribution in [3.63, 3.8) is 0 Å². The normalized spacial score (nSPS) is 12.1. The van der Waals surface area contributed by atoms with E-state index >= 15 is 0 Å². The van der Waals surface area contributed by atoms with E-state index in [4.69, 9.17) is 0 Å². The van der Waals surface area contributed by atoms with Crippen molar-refractivity contribution in [2.45, 2.75) is 53.1 Å². The summed E-state index contributed by atoms with van der Waals surface area (Å²) in [5.74, 6) is -0.194. The predicted octanol–water partition coefficient (Wildman–Crippen LogP) is 3.12. The van der Waals surface area contributed by atoms with Crippen LogP contribution < -0.4 is 5.32 Å². The highest BCUT2D eigenvalue weighted by molar-refractivity contribution is 5.87. The minimum Gasteiger partial charge on any atom is -0.354 e. The SMILES string of the molecule is CCCC(=O)N(Cc1ccc(F)cc1)C(C)C(=O)NCC(C)C. The van der Waals surface area contributed by atoms with Gasteiger partial charge in [0, 0.05) is 19.5 Å². The number of nitrogens with zero attached hydrogens (tertiary/aromatic N) is 1. The molecule has 1 aromatic carbocycles. The molecule has 1 rings (SSSR count). The molecule has 4 nitrogen and oxygen atoms in total. The number of hydrogen-bond acceptors (Lipinski definition) is 2. The number of amides is 2. The van der Waals surface area contributed by atoms with E-state index in [0.717, 1.165) is 12.0 Å². The average molecular weight is 322 g/mol. The largest absolute Gasteiger partial charge is 0.354 e. The van der Waals surface area contributed by atoms with Crippen LogP contribution in [0.1, 0.15) is 46.1 Å². The van der Waals surface area contributed by atoms with Crippen molar-refractivity contribution in [1.29, 1.82) is 0 Å². The molecule has 2 amide bonds. The molecular weight excluding hydrogens is 295 g/mol. The van der Waals surface area contributed by atoms with Gasteiger partial charge in [-0.25, -0.2) is 4.39 Å². The number of rotatable bonds is 8. The number of benzene rings is 1. The van der Waals surface area contributed by atoms with Crippen molar-refractivity contribution in [3.05, 3.63) is 35.6 Å². The highest BCUT2D eigenvalue weighted by Gasteiger charge is 2.25. The second-order valence-corrected chi connectivity index (χ2v) is 6.21. The van der Waals surface area contributed by atoms with Gasteiger partial charge in [-0.05, 0) is 37.0 Å². The third-order valence-electron chi connectivity index (χ3n) is 3.58. The summed E-state index contributed by atoms with van der Waals surface area (Å²) >= 11 is 0. The lowest BCUT2D eigenvalue weighted by Crippen LogP contribution is -2.48. The van der Waals surface area contributed by atoms with Crippen LogP contribution in [0.25, 0.3) is 0 Å². The summed E-state index contributed by atoms with van der Waals surface area (Å²) in [7, 11) is 0. The molecule has 0 aliphatic heterocycles. The molecule has 0 aliphatic carbocycles. The van der Waals surface area contributed by atoms with Crippen molar-refractivity contribution in [2.75, 3.05) is 6.54 Å². The quantitative estimate of drug-likeness (QED) is 0.799. The molecule has 1 unspecified atom stereocenters. The van der Waals surface area contributed by atoms with Crippen LogP contribution in [0.5, 0.6) is 0 Å². The molecule has 0 saturated heterocycles. The molecule has 5 heteroatoms. The summed E-state index contributed by atoms with van der Waals surface area (Å²) in [5, 5.41) is 2.86. The highest BCUT2D eigenvalue weighted by Crippen LogP contribution is 2.12. The van der Waals surface area contributed by atoms with Gasteiger partial charge in [-0.15, -0.1) is 0 Å². The predicted molar refractivity (Wildman–Crippen MR) is 89.2 cm³/mol. The molecule has 0 radical (unpaired) electrons. The Bertz CT molecular complexity index is 514. The number of halogens is 1. The maximum absolute atomic E-state index is 13.0. The maximum Gasteiger partial charge on any atom is 0.242 e. The number of carbonyl (C=O) groups is 2. The first-order chi connectivity index (χ1) is 10.8. The average Bonchev–Trinajstić information content (AvgIpc) is 2.51. The molecule has 1 N–H and O–H groups in total. The Morgan fingerprint density at radius 1 is 1.17 bits per heavy atom. The zero-order valence-electron chi connectivity index (χ0n) is 14.4. The van der Waals surface area contributed by atoms with E-state index in [1.54, 1.807) is 24.0 Å². The van der Waals surface area contributed by atoms with E-state index in [0.29, 0.717) is 25.4 Å². The van der Waals surface area contributed by atoms with Crippen LogP contribution in [0.3, 0.4) is 0 Å². The van der Waals surface area contributed by atoms with Crippen LogP contribution >= 0.6 is 0 Å². The summed E-state index contributed by atoms with van der Waals surface area (Å²) < 4.78 is 13.0. The number of carbonyl (C=O) groups excluding carboxylic acids is 2. The topological polar surface area (TPSA) is 49.4 Å². The second-order valence-electron chi connectivity index (χ2n) is 6.21. The second kappa shape index (κ2) is 9.28. The van der Waals surface area contributed by atoms with Crippen molar-refractivity contribution in [2.24, 2.45) is 5.92 Å². The summed E-state index contributed by atoms with van der Waals surface area (Å²) in [6.07, 6.45) is 1.11. The smallest absolute Gasteiger partial charge is 0.242 e. The van der Waals surface area contributed by atoms with Gasteiger partial charge in [0.05, 0.1) is 0 Å². The molecule has 0 heterocycles. The molecule has 0 aromatic heterocycles. The lowest BCUT2D eigenvalue weighted by molar-refractivity contribution is -0.140. The molecule has 0 spiro atoms. The first kappa shape index (κ1) is 19.1. The fourth-order valence-electron chi connectivity index (χ4n) is 2.18. The zero-order valence-corrected chi connectivity index (χ0v) is 14.4. The Kier molecular flexibility index (Phi) is 7.72. The minimum atomic E-state index is -0.558. The molecule has 23 heavy (non-hydrogen) atoms. The van der Waals surface area contributed by atoms with Crippen LogP contribution in [-0.4, -0.2) is 29.3 Å². The molecular formula is C18H27FN2O2. The van der Waals surface area contributed by atoms with Crippen molar-refractivity contribution in [1.82, 2.24) is 10.2 Å². The Balaban J connectivity index is 2.84. The fourth-order valence-corrected chi connectivity index (χ4v) is 2.18. The van der Waals surface area contributed by atoms with Gasteiger partial charge in [-0.1, -0.05) is 32.9 Å². The van der Waals surface area contributed by atoms with Gasteiger partial charge in [0.25, 0.3) is 0 Å². The first-order valence-electron chi connectivity index (χ1n) is 8.16. The minimum absolute atomic E-state index is 0.0657. The van der Waals surface area contributed by atoms with Crippen molar-refractivity contribution in [3.8, 4) is 0 Å². The van der Waals surface area contributed by atoms with Crippen LogP contribution in [0, 0.1) is 11.7 Å². The lowest BCUT2D eigenvalue weighted by Gasteiger charge is -2.29. The van der Waals surface area contributed by atoms with Crippen molar-refractivity contribution >= 4 is 11.8 Å². The number of nitrogens with one attached hydrogen (secondary N) is 1. The molecule has 0 aliphatic rings. The monoisotopic (exact) mass is 322 g/mol. The van der Waals surface area contributed by atoms with E-state index in [1.807, 2.05) is 20.8 Å². The molecule has 1 aromatic rings. The Labute approximate surface area is 138 Å². The molecule has 0 fully saturated rings. The van der Waals surface area contributed by atoms with Crippen LogP contribution in [0.2, 0.25) is 0 Å². The third-order valence-corrected chi connectivity index (χ3v) is 3.58. The van der Waals surface area contributed by atoms with E-state index in [-0.39, 0.29) is 17.6 Å². The third kappa shape index (κ3) is 6.38. The highest BCUT2D eigenvalue weighted by atomic mass is 19.1. The molecule has 1 atom stereocenters. The standard InChI is InChI=1S/C18H27FN2O2/c1-5-6-17(22)21(12-15-7-9-16(19)10-8-15)14(4)18(23)20-11-13(2)3/h7-10,13-14H,5-6,11-12H2,1-4H3,(H,20,23). The first-order valence-corrected chi connectivity index (χ1v) is 8.16. The summed E-state index contributed by atoms with van der Waals surface area (Å²) in [4.78, 5) is 26.2. The van der Waals surface area contributed by atoms with Crippen molar-refractivity contribution < 1.29 is 14.0 Å². The van der Waals surface area contributed by atoms with Gasteiger partial charge in [-0.2, -0.15) is 0 Å². The van der Waals surface area contributed by atoms with Gasteiger partial charge in [0.2, 0.25) is 11.8 Å². The molecule has 0 bridgehead atoms. The van der Waals surface area contributed by atoms with E-state index < -0.39 is 6.04 Å². The summed E-state index contributed by atoms with van der Waals surface area (Å²) in [6, 6.07) is 5.45. The lowest BCUT2D eigenvalue weighted by atomic mass is 10.1. The van der Waals surface area contributed by atoms with E-state index in [2.05, 4.69) is 5.32 Å². The van der Waals surface area contributed by atoms with Crippen LogP contribution in [-0.2, 0) is 16.1 Å². The van der Waals surface area contributed by atoms with E-state index in [9.17, 15) is 14.0 Å². The Hall–Kier alpha value is -1.91. The van der Waals surface area contributed by atoms with Gasteiger partial charge in [0.1, 0.15) is 11.9 Å². The zero-order chi connectivity index (χ0) is 17.4. The van der Waals surface area contributed by atoms with Gasteiger partial charge in [-0.3, -0.25) is 9.59 Å².